The SMILES string of the molecule is Cc1cccc2ncnc(N3CCCCC3c3cc4nc5c(c(N6CCOCC6)n4n3)CCCCC5)c12. The first-order valence-electron chi connectivity index (χ1n) is 14.0. The fourth-order valence-corrected chi connectivity index (χ4v) is 6.56. The third-order valence-corrected chi connectivity index (χ3v) is 8.40. The van der Waals surface area contributed by atoms with Gasteiger partial charge in [0.2, 0.25) is 0 Å². The molecule has 8 heteroatoms. The van der Waals surface area contributed by atoms with Crippen molar-refractivity contribution in [3.8, 4) is 0 Å². The maximum atomic E-state index is 5.70. The molecule has 1 atom stereocenters. The molecule has 2 fully saturated rings. The van der Waals surface area contributed by atoms with E-state index in [1.54, 1.807) is 6.33 Å². The Hall–Kier alpha value is -3.26. The minimum absolute atomic E-state index is 0.172. The summed E-state index contributed by atoms with van der Waals surface area (Å²) in [5.41, 5.74) is 6.97. The van der Waals surface area contributed by atoms with Crippen molar-refractivity contribution in [3.63, 3.8) is 0 Å². The van der Waals surface area contributed by atoms with E-state index in [0.29, 0.717) is 0 Å². The zero-order chi connectivity index (χ0) is 24.8. The first-order chi connectivity index (χ1) is 18.3. The molecule has 4 aromatic rings. The summed E-state index contributed by atoms with van der Waals surface area (Å²) < 4.78 is 7.86. The molecule has 1 unspecified atom stereocenters. The molecule has 37 heavy (non-hydrogen) atoms. The molecule has 0 radical (unpaired) electrons. The summed E-state index contributed by atoms with van der Waals surface area (Å²) >= 11 is 0. The van der Waals surface area contributed by atoms with Crippen molar-refractivity contribution in [2.45, 2.75) is 64.3 Å². The maximum Gasteiger partial charge on any atom is 0.157 e. The lowest BCUT2D eigenvalue weighted by Crippen LogP contribution is -2.38. The number of piperidine rings is 1. The molecular formula is C29H35N7O. The second-order valence-electron chi connectivity index (χ2n) is 10.7. The fourth-order valence-electron chi connectivity index (χ4n) is 6.56. The highest BCUT2D eigenvalue weighted by atomic mass is 16.5. The van der Waals surface area contributed by atoms with Gasteiger partial charge in [0, 0.05) is 42.3 Å². The molecule has 5 heterocycles. The molecule has 0 N–H and O–H groups in total. The summed E-state index contributed by atoms with van der Waals surface area (Å²) in [4.78, 5) is 19.6. The van der Waals surface area contributed by atoms with Gasteiger partial charge in [-0.1, -0.05) is 18.6 Å². The van der Waals surface area contributed by atoms with E-state index in [9.17, 15) is 0 Å². The van der Waals surface area contributed by atoms with E-state index in [1.165, 1.54) is 48.3 Å². The van der Waals surface area contributed by atoms with E-state index in [1.807, 2.05) is 0 Å². The number of aromatic nitrogens is 5. The Morgan fingerprint density at radius 3 is 2.76 bits per heavy atom. The number of morpholine rings is 1. The van der Waals surface area contributed by atoms with Crippen LogP contribution in [0.2, 0.25) is 0 Å². The smallest absolute Gasteiger partial charge is 0.157 e. The number of aryl methyl sites for hydroxylation is 2. The van der Waals surface area contributed by atoms with Crippen molar-refractivity contribution in [3.05, 3.63) is 53.1 Å². The van der Waals surface area contributed by atoms with Gasteiger partial charge in [-0.2, -0.15) is 9.61 Å². The van der Waals surface area contributed by atoms with Crippen LogP contribution in [0.15, 0.2) is 30.6 Å². The van der Waals surface area contributed by atoms with Crippen molar-refractivity contribution in [1.29, 1.82) is 0 Å². The Bertz CT molecular complexity index is 1440. The molecule has 0 saturated carbocycles. The van der Waals surface area contributed by atoms with E-state index in [2.05, 4.69) is 50.5 Å². The molecular weight excluding hydrogens is 462 g/mol. The molecule has 0 bridgehead atoms. The van der Waals surface area contributed by atoms with E-state index in [0.717, 1.165) is 86.6 Å². The summed E-state index contributed by atoms with van der Waals surface area (Å²) in [5, 5.41) is 6.47. The molecule has 7 rings (SSSR count). The van der Waals surface area contributed by atoms with Crippen molar-refractivity contribution < 1.29 is 4.74 Å². The van der Waals surface area contributed by atoms with Crippen LogP contribution in [-0.2, 0) is 17.6 Å². The molecule has 0 amide bonds. The number of benzene rings is 1. The van der Waals surface area contributed by atoms with Crippen molar-refractivity contribution in [2.24, 2.45) is 0 Å². The number of nitrogens with zero attached hydrogens (tertiary/aromatic N) is 7. The van der Waals surface area contributed by atoms with Gasteiger partial charge >= 0.3 is 0 Å². The first kappa shape index (κ1) is 22.9. The summed E-state index contributed by atoms with van der Waals surface area (Å²) in [6.07, 6.45) is 11.0. The number of hydrogen-bond donors (Lipinski definition) is 0. The van der Waals surface area contributed by atoms with Crippen LogP contribution in [-0.4, -0.2) is 57.4 Å². The standard InChI is InChI=1S/C29H35N7O/c1-20-8-7-11-23-27(20)28(31-19-30-23)35-13-6-5-12-25(35)24-18-26-32-22-10-4-2-3-9-21(22)29(36(26)33-24)34-14-16-37-17-15-34/h7-8,11,18-19,25H,2-6,9-10,12-17H2,1H3. The summed E-state index contributed by atoms with van der Waals surface area (Å²) in [6, 6.07) is 8.74. The van der Waals surface area contributed by atoms with E-state index < -0.39 is 0 Å². The Kier molecular flexibility index (Phi) is 5.92. The van der Waals surface area contributed by atoms with Crippen LogP contribution in [0.5, 0.6) is 0 Å². The third-order valence-electron chi connectivity index (χ3n) is 8.40. The van der Waals surface area contributed by atoms with Gasteiger partial charge in [0.05, 0.1) is 30.5 Å². The molecule has 192 valence electrons. The third kappa shape index (κ3) is 4.02. The lowest BCUT2D eigenvalue weighted by Gasteiger charge is -2.36. The van der Waals surface area contributed by atoms with Crippen LogP contribution in [0, 0.1) is 6.92 Å². The van der Waals surface area contributed by atoms with Crippen LogP contribution in [0.3, 0.4) is 0 Å². The van der Waals surface area contributed by atoms with Gasteiger partial charge in [-0.3, -0.25) is 0 Å². The summed E-state index contributed by atoms with van der Waals surface area (Å²) in [7, 11) is 0. The number of ether oxygens (including phenoxy) is 1. The molecule has 2 saturated heterocycles. The molecule has 1 aromatic carbocycles. The van der Waals surface area contributed by atoms with Crippen molar-refractivity contribution in [1.82, 2.24) is 24.6 Å². The first-order valence-corrected chi connectivity index (χ1v) is 14.0. The molecule has 3 aliphatic rings. The van der Waals surface area contributed by atoms with Gasteiger partial charge in [0.25, 0.3) is 0 Å². The number of anilines is 2. The lowest BCUT2D eigenvalue weighted by atomic mass is 9.98. The topological polar surface area (TPSA) is 71.7 Å². The average Bonchev–Trinajstić information content (AvgIpc) is 3.22. The molecule has 8 nitrogen and oxygen atoms in total. The normalized spacial score (nSPS) is 20.8. The van der Waals surface area contributed by atoms with Gasteiger partial charge in [0.1, 0.15) is 18.0 Å². The highest BCUT2D eigenvalue weighted by molar-refractivity contribution is 5.92. The maximum absolute atomic E-state index is 5.70. The summed E-state index contributed by atoms with van der Waals surface area (Å²) in [5.74, 6) is 2.28. The van der Waals surface area contributed by atoms with E-state index >= 15 is 0 Å². The largest absolute Gasteiger partial charge is 0.378 e. The van der Waals surface area contributed by atoms with Gasteiger partial charge in [-0.05, 0) is 63.5 Å². The Balaban J connectivity index is 1.36. The van der Waals surface area contributed by atoms with Crippen molar-refractivity contribution in [2.75, 3.05) is 42.6 Å². The fraction of sp³-hybridized carbons (Fsp3) is 0.517. The van der Waals surface area contributed by atoms with Gasteiger partial charge in [-0.25, -0.2) is 15.0 Å². The predicted octanol–water partition coefficient (Wildman–Crippen LogP) is 4.82. The van der Waals surface area contributed by atoms with Gasteiger partial charge < -0.3 is 14.5 Å². The van der Waals surface area contributed by atoms with Crippen molar-refractivity contribution >= 4 is 28.2 Å². The van der Waals surface area contributed by atoms with Gasteiger partial charge in [0.15, 0.2) is 5.65 Å². The minimum atomic E-state index is 0.172. The quantitative estimate of drug-likeness (QED) is 0.376. The molecule has 3 aromatic heterocycles. The second kappa shape index (κ2) is 9.56. The molecule has 1 aliphatic carbocycles. The van der Waals surface area contributed by atoms with Crippen LogP contribution in [0.25, 0.3) is 16.6 Å². The minimum Gasteiger partial charge on any atom is -0.378 e. The Morgan fingerprint density at radius 1 is 0.946 bits per heavy atom. The second-order valence-corrected chi connectivity index (χ2v) is 10.7. The monoisotopic (exact) mass is 497 g/mol. The highest BCUT2D eigenvalue weighted by Crippen LogP contribution is 2.38. The Labute approximate surface area is 217 Å². The van der Waals surface area contributed by atoms with Gasteiger partial charge in [-0.15, -0.1) is 0 Å². The Morgan fingerprint density at radius 2 is 1.84 bits per heavy atom. The number of hydrogen-bond acceptors (Lipinski definition) is 7. The zero-order valence-electron chi connectivity index (χ0n) is 21.7. The molecule has 0 spiro atoms. The molecule has 2 aliphatic heterocycles. The average molecular weight is 498 g/mol. The summed E-state index contributed by atoms with van der Waals surface area (Å²) in [6.45, 7) is 6.47. The van der Waals surface area contributed by atoms with Crippen LogP contribution in [0.1, 0.15) is 67.1 Å². The predicted molar refractivity (Wildman–Crippen MR) is 145 cm³/mol. The van der Waals surface area contributed by atoms with Crippen LogP contribution in [0.4, 0.5) is 11.6 Å². The number of fused-ring (bicyclic) bond motifs is 3. The number of rotatable bonds is 3. The van der Waals surface area contributed by atoms with Crippen LogP contribution < -0.4 is 9.80 Å². The van der Waals surface area contributed by atoms with E-state index in [4.69, 9.17) is 19.8 Å². The van der Waals surface area contributed by atoms with E-state index in [-0.39, 0.29) is 6.04 Å². The van der Waals surface area contributed by atoms with Crippen LogP contribution >= 0.6 is 0 Å². The lowest BCUT2D eigenvalue weighted by molar-refractivity contribution is 0.122. The highest BCUT2D eigenvalue weighted by Gasteiger charge is 2.31. The zero-order valence-corrected chi connectivity index (χ0v) is 21.7.